The second kappa shape index (κ2) is 7.56. The van der Waals surface area contributed by atoms with Crippen LogP contribution in [0.1, 0.15) is 46.5 Å². The van der Waals surface area contributed by atoms with E-state index >= 15 is 0 Å². The lowest BCUT2D eigenvalue weighted by Gasteiger charge is -2.25. The fraction of sp³-hybridized carbons (Fsp3) is 0.733. The van der Waals surface area contributed by atoms with Crippen LogP contribution in [0.3, 0.4) is 0 Å². The summed E-state index contributed by atoms with van der Waals surface area (Å²) in [6.45, 7) is 6.26. The average molecular weight is 300 g/mol. The van der Waals surface area contributed by atoms with Crippen molar-refractivity contribution in [1.82, 2.24) is 0 Å². The highest BCUT2D eigenvalue weighted by Gasteiger charge is 2.38. The van der Waals surface area contributed by atoms with E-state index < -0.39 is 17.4 Å². The molecule has 1 N–H and O–H groups in total. The van der Waals surface area contributed by atoms with Gasteiger partial charge in [-0.25, -0.2) is 4.79 Å². The van der Waals surface area contributed by atoms with Gasteiger partial charge < -0.3 is 19.3 Å². The highest BCUT2D eigenvalue weighted by atomic mass is 16.7. The lowest BCUT2D eigenvalue weighted by atomic mass is 10.0. The summed E-state index contributed by atoms with van der Waals surface area (Å²) in [4.78, 5) is 22.3. The molecule has 1 heterocycles. The summed E-state index contributed by atoms with van der Waals surface area (Å²) >= 11 is 0. The first-order chi connectivity index (χ1) is 9.72. The maximum absolute atomic E-state index is 11.5. The lowest BCUT2D eigenvalue weighted by molar-refractivity contribution is -0.182. The molecule has 0 aromatic rings. The van der Waals surface area contributed by atoms with E-state index in [1.807, 2.05) is 20.8 Å². The van der Waals surface area contributed by atoms with E-state index in [4.69, 9.17) is 19.3 Å². The number of aliphatic carboxylic acids is 1. The topological polar surface area (TPSA) is 82.1 Å². The summed E-state index contributed by atoms with van der Waals surface area (Å²) in [5.41, 5.74) is -0.501. The Balaban J connectivity index is 2.32. The van der Waals surface area contributed by atoms with Gasteiger partial charge in [-0.05, 0) is 33.6 Å². The Labute approximate surface area is 125 Å². The molecule has 1 saturated heterocycles. The number of ether oxygens (including phenoxy) is 3. The fourth-order valence-electron chi connectivity index (χ4n) is 2.07. The van der Waals surface area contributed by atoms with E-state index in [0.717, 1.165) is 0 Å². The SMILES string of the molecule is CC(C)(C)OC(=O)/C=C/CCCC1(CC(=O)O)OCCO1. The zero-order valence-electron chi connectivity index (χ0n) is 12.9. The van der Waals surface area contributed by atoms with Gasteiger partial charge in [-0.1, -0.05) is 6.08 Å². The third kappa shape index (κ3) is 7.24. The summed E-state index contributed by atoms with van der Waals surface area (Å²) in [7, 11) is 0. The molecule has 0 bridgehead atoms. The number of carboxylic acids is 1. The maximum atomic E-state index is 11.5. The van der Waals surface area contributed by atoms with Crippen molar-refractivity contribution >= 4 is 11.9 Å². The smallest absolute Gasteiger partial charge is 0.330 e. The van der Waals surface area contributed by atoms with E-state index in [9.17, 15) is 9.59 Å². The minimum absolute atomic E-state index is 0.164. The molecular formula is C15H24O6. The number of rotatable bonds is 7. The van der Waals surface area contributed by atoms with Gasteiger partial charge in [0.05, 0.1) is 19.6 Å². The van der Waals surface area contributed by atoms with Crippen molar-refractivity contribution in [2.24, 2.45) is 0 Å². The zero-order valence-corrected chi connectivity index (χ0v) is 12.9. The number of hydrogen-bond donors (Lipinski definition) is 1. The minimum Gasteiger partial charge on any atom is -0.481 e. The predicted octanol–water partition coefficient (Wildman–Crippen LogP) is 2.27. The first-order valence-electron chi connectivity index (χ1n) is 7.12. The predicted molar refractivity (Wildman–Crippen MR) is 75.7 cm³/mol. The van der Waals surface area contributed by atoms with Crippen LogP contribution in [-0.2, 0) is 23.8 Å². The Bertz CT molecular complexity index is 387. The maximum Gasteiger partial charge on any atom is 0.330 e. The molecule has 1 fully saturated rings. The normalized spacial score (nSPS) is 18.0. The Hall–Kier alpha value is -1.40. The van der Waals surface area contributed by atoms with Crippen LogP contribution in [0, 0.1) is 0 Å². The van der Waals surface area contributed by atoms with Crippen LogP contribution in [0.15, 0.2) is 12.2 Å². The van der Waals surface area contributed by atoms with Crippen molar-refractivity contribution in [2.45, 2.75) is 57.8 Å². The van der Waals surface area contributed by atoms with Crippen LogP contribution in [0.2, 0.25) is 0 Å². The monoisotopic (exact) mass is 300 g/mol. The molecule has 1 rings (SSSR count). The number of carbonyl (C=O) groups excluding carboxylic acids is 1. The Morgan fingerprint density at radius 2 is 1.90 bits per heavy atom. The van der Waals surface area contributed by atoms with Crippen LogP contribution in [0.25, 0.3) is 0 Å². The van der Waals surface area contributed by atoms with Crippen LogP contribution in [-0.4, -0.2) is 41.6 Å². The Kier molecular flexibility index (Phi) is 6.36. The highest BCUT2D eigenvalue weighted by molar-refractivity contribution is 5.82. The average Bonchev–Trinajstić information content (AvgIpc) is 2.74. The van der Waals surface area contributed by atoms with Gasteiger partial charge in [-0.3, -0.25) is 4.79 Å². The molecular weight excluding hydrogens is 276 g/mol. The highest BCUT2D eigenvalue weighted by Crippen LogP contribution is 2.29. The summed E-state index contributed by atoms with van der Waals surface area (Å²) in [5, 5.41) is 8.89. The summed E-state index contributed by atoms with van der Waals surface area (Å²) in [5.74, 6) is -2.33. The van der Waals surface area contributed by atoms with E-state index in [1.54, 1.807) is 6.08 Å². The molecule has 0 amide bonds. The number of unbranched alkanes of at least 4 members (excludes halogenated alkanes) is 1. The van der Waals surface area contributed by atoms with Crippen LogP contribution >= 0.6 is 0 Å². The van der Waals surface area contributed by atoms with Crippen LogP contribution < -0.4 is 0 Å². The van der Waals surface area contributed by atoms with E-state index in [2.05, 4.69) is 0 Å². The van der Waals surface area contributed by atoms with Gasteiger partial charge in [-0.15, -0.1) is 0 Å². The van der Waals surface area contributed by atoms with Crippen LogP contribution in [0.4, 0.5) is 0 Å². The van der Waals surface area contributed by atoms with Crippen molar-refractivity contribution < 1.29 is 28.9 Å². The van der Waals surface area contributed by atoms with E-state index in [1.165, 1.54) is 6.08 Å². The quantitative estimate of drug-likeness (QED) is 0.441. The van der Waals surface area contributed by atoms with E-state index in [-0.39, 0.29) is 12.4 Å². The minimum atomic E-state index is -1.01. The summed E-state index contributed by atoms with van der Waals surface area (Å²) < 4.78 is 16.0. The van der Waals surface area contributed by atoms with Gasteiger partial charge in [0.1, 0.15) is 5.60 Å². The van der Waals surface area contributed by atoms with E-state index in [0.29, 0.717) is 32.5 Å². The molecule has 21 heavy (non-hydrogen) atoms. The molecule has 0 aliphatic carbocycles. The van der Waals surface area contributed by atoms with Gasteiger partial charge in [0.25, 0.3) is 0 Å². The van der Waals surface area contributed by atoms with Crippen molar-refractivity contribution in [3.05, 3.63) is 12.2 Å². The molecule has 1 aliphatic rings. The molecule has 0 atom stereocenters. The van der Waals surface area contributed by atoms with Crippen molar-refractivity contribution in [3.8, 4) is 0 Å². The molecule has 120 valence electrons. The Morgan fingerprint density at radius 1 is 1.29 bits per heavy atom. The molecule has 1 aliphatic heterocycles. The Morgan fingerprint density at radius 3 is 2.43 bits per heavy atom. The summed E-state index contributed by atoms with van der Waals surface area (Å²) in [6, 6.07) is 0. The first kappa shape index (κ1) is 17.7. The third-order valence-electron chi connectivity index (χ3n) is 2.82. The van der Waals surface area contributed by atoms with Gasteiger partial charge in [0.15, 0.2) is 5.79 Å². The first-order valence-corrected chi connectivity index (χ1v) is 7.12. The van der Waals surface area contributed by atoms with Crippen molar-refractivity contribution in [1.29, 1.82) is 0 Å². The second-order valence-electron chi connectivity index (χ2n) is 6.01. The van der Waals surface area contributed by atoms with Crippen LogP contribution in [0.5, 0.6) is 0 Å². The third-order valence-corrected chi connectivity index (χ3v) is 2.82. The zero-order chi connectivity index (χ0) is 15.9. The number of allylic oxidation sites excluding steroid dienone is 1. The number of esters is 1. The van der Waals surface area contributed by atoms with Gasteiger partial charge in [0.2, 0.25) is 0 Å². The number of carbonyl (C=O) groups is 2. The second-order valence-corrected chi connectivity index (χ2v) is 6.01. The standard InChI is InChI=1S/C15H24O6/c1-14(2,3)21-13(18)7-5-4-6-8-15(11-12(16)17)19-9-10-20-15/h5,7H,4,6,8-11H2,1-3H3,(H,16,17)/b7-5+. The number of carboxylic acid groups (broad SMARTS) is 1. The van der Waals surface area contributed by atoms with Crippen molar-refractivity contribution in [2.75, 3.05) is 13.2 Å². The molecule has 0 aromatic carbocycles. The molecule has 0 radical (unpaired) electrons. The fourth-order valence-corrected chi connectivity index (χ4v) is 2.07. The summed E-state index contributed by atoms with van der Waals surface area (Å²) in [6.07, 6.45) is 4.74. The molecule has 0 spiro atoms. The lowest BCUT2D eigenvalue weighted by Crippen LogP contribution is -2.33. The largest absolute Gasteiger partial charge is 0.481 e. The molecule has 0 unspecified atom stereocenters. The molecule has 0 saturated carbocycles. The molecule has 6 heteroatoms. The molecule has 6 nitrogen and oxygen atoms in total. The van der Waals surface area contributed by atoms with Gasteiger partial charge in [-0.2, -0.15) is 0 Å². The number of hydrogen-bond acceptors (Lipinski definition) is 5. The van der Waals surface area contributed by atoms with Crippen molar-refractivity contribution in [3.63, 3.8) is 0 Å². The van der Waals surface area contributed by atoms with Gasteiger partial charge in [0, 0.05) is 12.5 Å². The van der Waals surface area contributed by atoms with Gasteiger partial charge >= 0.3 is 11.9 Å². The molecule has 0 aromatic heterocycles.